The Hall–Kier alpha value is -1.54. The monoisotopic (exact) mass is 297 g/mol. The number of hydrogen-bond donors (Lipinski definition) is 0. The summed E-state index contributed by atoms with van der Waals surface area (Å²) in [6, 6.07) is 7.13. The Morgan fingerprint density at radius 2 is 2.29 bits per heavy atom. The SMILES string of the molecule is CCC(Oc1c(Br)cccc1C#N)C(=O)OC. The van der Waals surface area contributed by atoms with Gasteiger partial charge in [0.2, 0.25) is 0 Å². The van der Waals surface area contributed by atoms with Crippen LogP contribution in [0.5, 0.6) is 5.75 Å². The number of nitrogens with zero attached hydrogens (tertiary/aromatic N) is 1. The molecule has 0 aliphatic rings. The zero-order chi connectivity index (χ0) is 12.8. The fourth-order valence-corrected chi connectivity index (χ4v) is 1.75. The summed E-state index contributed by atoms with van der Waals surface area (Å²) in [5.41, 5.74) is 0.377. The van der Waals surface area contributed by atoms with Crippen LogP contribution in [-0.2, 0) is 9.53 Å². The van der Waals surface area contributed by atoms with Crippen molar-refractivity contribution in [2.24, 2.45) is 0 Å². The molecule has 0 fully saturated rings. The van der Waals surface area contributed by atoms with Crippen molar-refractivity contribution in [2.75, 3.05) is 7.11 Å². The second-order valence-electron chi connectivity index (χ2n) is 3.27. The average Bonchev–Trinajstić information content (AvgIpc) is 2.36. The van der Waals surface area contributed by atoms with Gasteiger partial charge in [0.1, 0.15) is 6.07 Å². The minimum atomic E-state index is -0.703. The highest BCUT2D eigenvalue weighted by molar-refractivity contribution is 9.10. The molecule has 5 heteroatoms. The van der Waals surface area contributed by atoms with Gasteiger partial charge in [-0.25, -0.2) is 4.79 Å². The van der Waals surface area contributed by atoms with Crippen LogP contribution in [0.4, 0.5) is 0 Å². The Kier molecular flexibility index (Phi) is 4.98. The first kappa shape index (κ1) is 13.5. The first-order valence-corrected chi connectivity index (χ1v) is 5.86. The molecule has 17 heavy (non-hydrogen) atoms. The standard InChI is InChI=1S/C12H12BrNO3/c1-3-10(12(15)16-2)17-11-8(7-14)5-4-6-9(11)13/h4-6,10H,3H2,1-2H3. The second-order valence-corrected chi connectivity index (χ2v) is 4.12. The highest BCUT2D eigenvalue weighted by atomic mass is 79.9. The lowest BCUT2D eigenvalue weighted by atomic mass is 10.2. The van der Waals surface area contributed by atoms with E-state index in [0.29, 0.717) is 22.2 Å². The molecule has 4 nitrogen and oxygen atoms in total. The van der Waals surface area contributed by atoms with E-state index < -0.39 is 12.1 Å². The minimum absolute atomic E-state index is 0.368. The predicted octanol–water partition coefficient (Wildman–Crippen LogP) is 2.65. The molecule has 0 spiro atoms. The molecule has 1 aromatic carbocycles. The summed E-state index contributed by atoms with van der Waals surface area (Å²) in [5.74, 6) is -0.0839. The molecule has 1 aromatic rings. The Labute approximate surface area is 108 Å². The van der Waals surface area contributed by atoms with Crippen molar-refractivity contribution in [3.8, 4) is 11.8 Å². The van der Waals surface area contributed by atoms with Crippen LogP contribution in [0.2, 0.25) is 0 Å². The molecule has 0 aliphatic heterocycles. The van der Waals surface area contributed by atoms with Crippen LogP contribution in [-0.4, -0.2) is 19.2 Å². The van der Waals surface area contributed by atoms with E-state index in [2.05, 4.69) is 20.7 Å². The molecule has 90 valence electrons. The molecule has 0 saturated heterocycles. The summed E-state index contributed by atoms with van der Waals surface area (Å²) in [6.45, 7) is 1.81. The van der Waals surface area contributed by atoms with Crippen LogP contribution in [0.25, 0.3) is 0 Å². The molecule has 0 heterocycles. The minimum Gasteiger partial charge on any atom is -0.476 e. The number of halogens is 1. The van der Waals surface area contributed by atoms with Crippen molar-refractivity contribution in [3.63, 3.8) is 0 Å². The Bertz CT molecular complexity index is 454. The molecule has 0 N–H and O–H groups in total. The topological polar surface area (TPSA) is 59.3 Å². The van der Waals surface area contributed by atoms with Gasteiger partial charge in [-0.15, -0.1) is 0 Å². The van der Waals surface area contributed by atoms with Gasteiger partial charge in [0.05, 0.1) is 17.1 Å². The molecule has 1 atom stereocenters. The lowest BCUT2D eigenvalue weighted by molar-refractivity contribution is -0.148. The maximum Gasteiger partial charge on any atom is 0.347 e. The van der Waals surface area contributed by atoms with Gasteiger partial charge < -0.3 is 9.47 Å². The van der Waals surface area contributed by atoms with Gasteiger partial charge in [-0.1, -0.05) is 13.0 Å². The maximum atomic E-state index is 11.4. The quantitative estimate of drug-likeness (QED) is 0.802. The summed E-state index contributed by atoms with van der Waals surface area (Å²) >= 11 is 3.29. The number of hydrogen-bond acceptors (Lipinski definition) is 4. The van der Waals surface area contributed by atoms with Crippen LogP contribution >= 0.6 is 15.9 Å². The molecule has 0 aliphatic carbocycles. The lowest BCUT2D eigenvalue weighted by Crippen LogP contribution is -2.28. The van der Waals surface area contributed by atoms with E-state index in [1.54, 1.807) is 18.2 Å². The molecular weight excluding hydrogens is 286 g/mol. The largest absolute Gasteiger partial charge is 0.476 e. The summed E-state index contributed by atoms with van der Waals surface area (Å²) in [5, 5.41) is 8.96. The van der Waals surface area contributed by atoms with Crippen molar-refractivity contribution < 1.29 is 14.3 Å². The molecule has 0 aromatic heterocycles. The van der Waals surface area contributed by atoms with Gasteiger partial charge in [0.25, 0.3) is 0 Å². The Morgan fingerprint density at radius 3 is 2.82 bits per heavy atom. The van der Waals surface area contributed by atoms with Gasteiger partial charge in [0.15, 0.2) is 11.9 Å². The van der Waals surface area contributed by atoms with E-state index in [1.807, 2.05) is 13.0 Å². The first-order chi connectivity index (χ1) is 8.13. The van der Waals surface area contributed by atoms with Crippen LogP contribution in [0.15, 0.2) is 22.7 Å². The first-order valence-electron chi connectivity index (χ1n) is 5.07. The zero-order valence-corrected chi connectivity index (χ0v) is 11.2. The number of rotatable bonds is 4. The highest BCUT2D eigenvalue weighted by Crippen LogP contribution is 2.29. The third-order valence-electron chi connectivity index (χ3n) is 2.18. The molecule has 0 radical (unpaired) electrons. The van der Waals surface area contributed by atoms with Crippen molar-refractivity contribution in [3.05, 3.63) is 28.2 Å². The van der Waals surface area contributed by atoms with Crippen molar-refractivity contribution >= 4 is 21.9 Å². The van der Waals surface area contributed by atoms with Gasteiger partial charge >= 0.3 is 5.97 Å². The van der Waals surface area contributed by atoms with Gasteiger partial charge in [-0.05, 0) is 34.5 Å². The van der Waals surface area contributed by atoms with E-state index in [-0.39, 0.29) is 0 Å². The highest BCUT2D eigenvalue weighted by Gasteiger charge is 2.21. The van der Waals surface area contributed by atoms with Crippen LogP contribution in [0.1, 0.15) is 18.9 Å². The van der Waals surface area contributed by atoms with Crippen molar-refractivity contribution in [2.45, 2.75) is 19.4 Å². The second kappa shape index (κ2) is 6.26. The normalized spacial score (nSPS) is 11.4. The Morgan fingerprint density at radius 1 is 1.59 bits per heavy atom. The molecule has 1 rings (SSSR count). The molecule has 0 bridgehead atoms. The molecule has 1 unspecified atom stereocenters. The number of carbonyl (C=O) groups is 1. The lowest BCUT2D eigenvalue weighted by Gasteiger charge is -2.16. The van der Waals surface area contributed by atoms with Crippen molar-refractivity contribution in [1.29, 1.82) is 5.26 Å². The van der Waals surface area contributed by atoms with E-state index in [0.717, 1.165) is 0 Å². The molecular formula is C12H12BrNO3. The van der Waals surface area contributed by atoms with E-state index in [1.165, 1.54) is 7.11 Å². The number of benzene rings is 1. The van der Waals surface area contributed by atoms with Crippen LogP contribution in [0, 0.1) is 11.3 Å². The number of carbonyl (C=O) groups excluding carboxylic acids is 1. The van der Waals surface area contributed by atoms with E-state index in [9.17, 15) is 4.79 Å². The summed E-state index contributed by atoms with van der Waals surface area (Å²) in [4.78, 5) is 11.4. The average molecular weight is 298 g/mol. The Balaban J connectivity index is 3.01. The third kappa shape index (κ3) is 3.21. The summed E-state index contributed by atoms with van der Waals surface area (Å²) < 4.78 is 10.8. The maximum absolute atomic E-state index is 11.4. The third-order valence-corrected chi connectivity index (χ3v) is 2.81. The van der Waals surface area contributed by atoms with E-state index in [4.69, 9.17) is 10.00 Å². The van der Waals surface area contributed by atoms with Crippen molar-refractivity contribution in [1.82, 2.24) is 0 Å². The van der Waals surface area contributed by atoms with Gasteiger partial charge in [-0.2, -0.15) is 5.26 Å². The fraction of sp³-hybridized carbons (Fsp3) is 0.333. The van der Waals surface area contributed by atoms with Crippen LogP contribution < -0.4 is 4.74 Å². The van der Waals surface area contributed by atoms with Crippen LogP contribution in [0.3, 0.4) is 0 Å². The molecule has 0 amide bonds. The zero-order valence-electron chi connectivity index (χ0n) is 9.57. The number of ether oxygens (including phenoxy) is 2. The molecule has 0 saturated carbocycles. The van der Waals surface area contributed by atoms with Gasteiger partial charge in [-0.3, -0.25) is 0 Å². The fourth-order valence-electron chi connectivity index (χ4n) is 1.29. The summed E-state index contributed by atoms with van der Waals surface area (Å²) in [7, 11) is 1.31. The van der Waals surface area contributed by atoms with Gasteiger partial charge in [0, 0.05) is 0 Å². The smallest absolute Gasteiger partial charge is 0.347 e. The summed E-state index contributed by atoms with van der Waals surface area (Å²) in [6.07, 6.45) is -0.232. The number of nitriles is 1. The van der Waals surface area contributed by atoms with E-state index >= 15 is 0 Å². The number of methoxy groups -OCH3 is 1. The number of esters is 1. The number of para-hydroxylation sites is 1. The predicted molar refractivity (Wildman–Crippen MR) is 65.6 cm³/mol.